The molecule has 1 nitrogen and oxygen atoms in total. The number of alkyl halides is 6. The number of hydrogen-bond acceptors (Lipinski definition) is 1. The van der Waals surface area contributed by atoms with E-state index in [2.05, 4.69) is 0 Å². The molecule has 0 spiro atoms. The summed E-state index contributed by atoms with van der Waals surface area (Å²) in [5.74, 6) is -0.0254. The van der Waals surface area contributed by atoms with Crippen molar-refractivity contribution in [1.29, 1.82) is 0 Å². The first-order valence-corrected chi connectivity index (χ1v) is 7.98. The fourth-order valence-corrected chi connectivity index (χ4v) is 6.70. The van der Waals surface area contributed by atoms with Gasteiger partial charge in [-0.3, -0.25) is 0 Å². The summed E-state index contributed by atoms with van der Waals surface area (Å²) in [4.78, 5) is 0. The van der Waals surface area contributed by atoms with Crippen molar-refractivity contribution in [2.75, 3.05) is 0 Å². The second kappa shape index (κ2) is 4.79. The molecule has 4 rings (SSSR count). The number of aliphatic hydroxyl groups excluding tert-OH is 1. The topological polar surface area (TPSA) is 20.2 Å². The van der Waals surface area contributed by atoms with E-state index in [1.54, 1.807) is 6.92 Å². The van der Waals surface area contributed by atoms with Crippen LogP contribution in [0.3, 0.4) is 0 Å². The number of hydrogen-bond donors (Lipinski definition) is 1. The minimum absolute atomic E-state index is 0. The van der Waals surface area contributed by atoms with Gasteiger partial charge in [0.1, 0.15) is 0 Å². The zero-order valence-electron chi connectivity index (χ0n) is 14.7. The maximum Gasteiger partial charge on any atom is 0.345 e. The Kier molecular flexibility index (Phi) is 3.80. The number of rotatable bonds is 1. The van der Waals surface area contributed by atoms with Crippen molar-refractivity contribution < 1.29 is 31.4 Å². The van der Waals surface area contributed by atoms with Crippen LogP contribution in [0.1, 0.15) is 39.0 Å². The molecule has 0 aromatic rings. The zero-order chi connectivity index (χ0) is 17.0. The molecule has 4 aliphatic carbocycles. The van der Waals surface area contributed by atoms with Crippen LogP contribution in [0.2, 0.25) is 0 Å². The number of fused-ring (bicyclic) bond motifs is 9. The van der Waals surface area contributed by atoms with E-state index in [4.69, 9.17) is 0 Å². The second-order valence-corrected chi connectivity index (χ2v) is 8.17. The van der Waals surface area contributed by atoms with Gasteiger partial charge in [0.2, 0.25) is 0 Å². The molecule has 138 valence electrons. The van der Waals surface area contributed by atoms with Gasteiger partial charge in [0.05, 0.1) is 0 Å². The predicted octanol–water partition coefficient (Wildman–Crippen LogP) is 5.05. The molecule has 4 saturated carbocycles. The van der Waals surface area contributed by atoms with Gasteiger partial charge in [-0.05, 0) is 12.3 Å². The summed E-state index contributed by atoms with van der Waals surface area (Å²) in [6.07, 6.45) is -10.8. The van der Waals surface area contributed by atoms with E-state index in [0.717, 1.165) is 19.3 Å². The smallest absolute Gasteiger partial charge is 0.345 e. The molecule has 26 heavy (non-hydrogen) atoms. The molecule has 6 unspecified atom stereocenters. The normalized spacial score (nSPS) is 43.7. The third-order valence-corrected chi connectivity index (χ3v) is 7.09. The molecule has 0 saturated heterocycles. The van der Waals surface area contributed by atoms with E-state index in [9.17, 15) is 31.4 Å². The molecule has 0 amide bonds. The monoisotopic (exact) mass is 1140 g/mol. The van der Waals surface area contributed by atoms with Gasteiger partial charge in [-0.2, -0.15) is 30.9 Å². The average Bonchev–Trinajstić information content (AvgIpc) is 3.10. The van der Waals surface area contributed by atoms with Crippen molar-refractivity contribution in [2.24, 2.45) is 34.5 Å². The predicted molar refractivity (Wildman–Crippen MR) is 68.1 cm³/mol. The Morgan fingerprint density at radius 3 is 2.04 bits per heavy atom. The van der Waals surface area contributed by atoms with Crippen LogP contribution in [0.5, 0.6) is 0 Å². The molecule has 10 heteroatoms. The fourth-order valence-electron chi connectivity index (χ4n) is 6.70. The largest absolute Gasteiger partial charge is 0.556 e. The molecule has 0 aromatic heterocycles. The van der Waals surface area contributed by atoms with Crippen LogP contribution in [0.4, 0.5) is 26.3 Å². The van der Waals surface area contributed by atoms with E-state index >= 15 is 0 Å². The van der Waals surface area contributed by atoms with E-state index < -0.39 is 41.6 Å². The maximum atomic E-state index is 13.8. The minimum Gasteiger partial charge on any atom is -0.556 e. The van der Waals surface area contributed by atoms with Gasteiger partial charge >= 0.3 is 6.18 Å². The number of halogens is 6. The van der Waals surface area contributed by atoms with Gasteiger partial charge in [-0.15, -0.1) is 6.10 Å². The molecule has 4 bridgehead atoms. The first-order valence-electron chi connectivity index (χ1n) is 7.98. The standard InChI is InChI=1S/C16H18F6O.3Rf/c1-13-5-9(10-7-2-3-8(4-7)11(10)13)14(6-13,16(20,21)22)12(23)15(17,18)19;;;/h7-8,10-11,23H,2-6H2,1H3;;;/q-2;;;. The van der Waals surface area contributed by atoms with Crippen molar-refractivity contribution in [3.63, 3.8) is 0 Å². The third-order valence-electron chi connectivity index (χ3n) is 7.09. The molecule has 4 aliphatic rings. The SMILES string of the molecule is CC12C[C-](C3C4CCC(C4)C31)C([C-](O)C(F)(F)F)(C(F)(F)F)C2.[Rf].[Rf].[Rf]. The van der Waals surface area contributed by atoms with Gasteiger partial charge < -0.3 is 11.0 Å². The molecular formula is C16H18F6ORf3-2. The molecule has 6 atom stereocenters. The van der Waals surface area contributed by atoms with Crippen LogP contribution < -0.4 is 0 Å². The molecule has 4 fully saturated rings. The zero-order valence-corrected chi connectivity index (χ0v) is 33.9. The Morgan fingerprint density at radius 2 is 1.54 bits per heavy atom. The van der Waals surface area contributed by atoms with Crippen LogP contribution >= 0.6 is 0 Å². The Hall–Kier alpha value is -3.46. The summed E-state index contributed by atoms with van der Waals surface area (Å²) in [5.41, 5.74) is -3.97. The summed E-state index contributed by atoms with van der Waals surface area (Å²) in [5, 5.41) is 9.65. The van der Waals surface area contributed by atoms with Crippen LogP contribution in [0, 0.1) is 46.5 Å². The summed E-state index contributed by atoms with van der Waals surface area (Å²) in [7, 11) is 0. The molecule has 0 aromatic carbocycles. The molecule has 0 aliphatic heterocycles. The summed E-state index contributed by atoms with van der Waals surface area (Å²) in [6, 6.07) is 0. The summed E-state index contributed by atoms with van der Waals surface area (Å²) in [6.45, 7) is 1.69. The third kappa shape index (κ3) is 1.83. The Balaban J connectivity index is 0.00000113. The van der Waals surface area contributed by atoms with E-state index in [1.165, 1.54) is 0 Å². The van der Waals surface area contributed by atoms with Crippen molar-refractivity contribution in [2.45, 2.75) is 51.4 Å². The van der Waals surface area contributed by atoms with Crippen LogP contribution in [-0.4, -0.2) is 17.5 Å². The van der Waals surface area contributed by atoms with Gasteiger partial charge in [0.15, 0.2) is 0 Å². The molecule has 1 N–H and O–H groups in total. The van der Waals surface area contributed by atoms with Crippen molar-refractivity contribution in [3.05, 3.63) is 12.0 Å². The summed E-state index contributed by atoms with van der Waals surface area (Å²) >= 11 is 0. The first kappa shape index (κ1) is 20.6. The van der Waals surface area contributed by atoms with Crippen LogP contribution in [-0.2, 0) is 0 Å². The van der Waals surface area contributed by atoms with Crippen LogP contribution in [0.25, 0.3) is 0 Å². The van der Waals surface area contributed by atoms with E-state index in [1.807, 2.05) is 0 Å². The average molecular weight is 1140 g/mol. The molecule has 0 radical (unpaired) electrons. The maximum absolute atomic E-state index is 13.8. The quantitative estimate of drug-likeness (QED) is 0.222. The minimum atomic E-state index is -5.35. The molecular weight excluding hydrogens is 1120 g/mol. The van der Waals surface area contributed by atoms with Gasteiger partial charge in [-0.1, -0.05) is 43.4 Å². The first-order chi connectivity index (χ1) is 10.4. The van der Waals surface area contributed by atoms with E-state index in [0.29, 0.717) is 5.92 Å². The summed E-state index contributed by atoms with van der Waals surface area (Å²) < 4.78 is 80.6. The van der Waals surface area contributed by atoms with Crippen molar-refractivity contribution in [3.8, 4) is 0 Å². The Bertz CT molecular complexity index is 541. The van der Waals surface area contributed by atoms with Crippen LogP contribution in [0.15, 0.2) is 0 Å². The molecule has 0 heterocycles. The van der Waals surface area contributed by atoms with Crippen molar-refractivity contribution >= 4 is 0 Å². The van der Waals surface area contributed by atoms with Crippen molar-refractivity contribution in [1.82, 2.24) is 0 Å². The number of aliphatic hydroxyl groups is 1. The van der Waals surface area contributed by atoms with E-state index in [-0.39, 0.29) is 24.2 Å². The van der Waals surface area contributed by atoms with Gasteiger partial charge in [0, 0.05) is 0 Å². The Labute approximate surface area is 130 Å². The second-order valence-electron chi connectivity index (χ2n) is 8.17. The van der Waals surface area contributed by atoms with Gasteiger partial charge in [0.25, 0.3) is 6.18 Å². The Morgan fingerprint density at radius 1 is 1.00 bits per heavy atom. The fraction of sp³-hybridized carbons (Fsp3) is 0.875. The van der Waals surface area contributed by atoms with Gasteiger partial charge in [-0.25, -0.2) is 13.2 Å².